The molecule has 4 nitrogen and oxygen atoms in total. The Kier molecular flexibility index (Phi) is 3.00. The Morgan fingerprint density at radius 3 is 1.77 bits per heavy atom. The lowest BCUT2D eigenvalue weighted by Crippen LogP contribution is -1.96. The smallest absolute Gasteiger partial charge is 0.346 e. The third kappa shape index (κ3) is 1.68. The van der Waals surface area contributed by atoms with Crippen LogP contribution in [-0.4, -0.2) is 16.6 Å². The lowest BCUT2D eigenvalue weighted by atomic mass is 10.1. The molecule has 0 fully saturated rings. The second kappa shape index (κ2) is 4.02. The molecule has 0 aliphatic carbocycles. The van der Waals surface area contributed by atoms with Crippen LogP contribution in [0.2, 0.25) is 0 Å². The van der Waals surface area contributed by atoms with Gasteiger partial charge in [0.2, 0.25) is 0 Å². The van der Waals surface area contributed by atoms with Gasteiger partial charge in [-0.05, 0) is 12.1 Å². The van der Waals surface area contributed by atoms with Gasteiger partial charge in [-0.3, -0.25) is 4.66 Å². The van der Waals surface area contributed by atoms with Crippen molar-refractivity contribution in [1.29, 1.82) is 0 Å². The first-order chi connectivity index (χ1) is 6.29. The lowest BCUT2D eigenvalue weighted by Gasteiger charge is -1.86. The molecular weight excluding hydrogens is 196 g/mol. The molecular formula is C8H5ClO4. The zero-order chi connectivity index (χ0) is 9.84. The number of ether oxygens (including phenoxy) is 1. The van der Waals surface area contributed by atoms with Gasteiger partial charge in [-0.2, -0.15) is 0 Å². The van der Waals surface area contributed by atoms with Crippen molar-refractivity contribution < 1.29 is 19.0 Å². The van der Waals surface area contributed by atoms with Gasteiger partial charge in [0, 0.05) is 0 Å². The Morgan fingerprint density at radius 2 is 1.38 bits per heavy atom. The zero-order valence-corrected chi connectivity index (χ0v) is 7.12. The van der Waals surface area contributed by atoms with Crippen molar-refractivity contribution in [2.24, 2.45) is 0 Å². The van der Waals surface area contributed by atoms with E-state index in [4.69, 9.17) is 4.66 Å². The van der Waals surface area contributed by atoms with E-state index >= 15 is 0 Å². The molecule has 0 amide bonds. The summed E-state index contributed by atoms with van der Waals surface area (Å²) in [4.78, 5) is 21.7. The summed E-state index contributed by atoms with van der Waals surface area (Å²) in [5.41, 5.74) is 0.718. The molecule has 0 aromatic heterocycles. The summed E-state index contributed by atoms with van der Waals surface area (Å²) in [7, 11) is 0. The van der Waals surface area contributed by atoms with Crippen molar-refractivity contribution in [3.05, 3.63) is 35.4 Å². The predicted octanol–water partition coefficient (Wildman–Crippen LogP) is 1.13. The molecule has 1 heterocycles. The van der Waals surface area contributed by atoms with Gasteiger partial charge in [-0.1, -0.05) is 12.1 Å². The van der Waals surface area contributed by atoms with Gasteiger partial charge in [0.1, 0.15) is 0 Å². The van der Waals surface area contributed by atoms with Crippen LogP contribution in [0.1, 0.15) is 20.7 Å². The van der Waals surface area contributed by atoms with E-state index in [9.17, 15) is 9.59 Å². The minimum Gasteiger partial charge on any atom is -0.386 e. The minimum atomic E-state index is -0.550. The van der Waals surface area contributed by atoms with E-state index in [-0.39, 0.29) is 0 Å². The monoisotopic (exact) mass is 200 g/mol. The standard InChI is InChI=1S/C8H4O3.ClHO/c9-7-5-3-1-2-4-6(5)8(10)11-7;1-2/h1-4H;2H. The number of carbonyl (C=O) groups is 2. The summed E-state index contributed by atoms with van der Waals surface area (Å²) in [6, 6.07) is 6.53. The number of benzene rings is 1. The van der Waals surface area contributed by atoms with E-state index in [0.29, 0.717) is 11.1 Å². The van der Waals surface area contributed by atoms with E-state index in [1.165, 1.54) is 0 Å². The second-order valence-electron chi connectivity index (χ2n) is 2.22. The summed E-state index contributed by atoms with van der Waals surface area (Å²) in [6.45, 7) is 0. The Labute approximate surface area is 78.9 Å². The van der Waals surface area contributed by atoms with Gasteiger partial charge < -0.3 is 4.74 Å². The first-order valence-electron chi connectivity index (χ1n) is 3.31. The molecule has 1 aromatic carbocycles. The molecule has 1 aromatic rings. The van der Waals surface area contributed by atoms with Crippen LogP contribution >= 0.6 is 11.9 Å². The van der Waals surface area contributed by atoms with Crippen molar-refractivity contribution in [1.82, 2.24) is 0 Å². The van der Waals surface area contributed by atoms with Gasteiger partial charge in [-0.25, -0.2) is 9.59 Å². The molecule has 0 saturated heterocycles. The number of esters is 2. The van der Waals surface area contributed by atoms with Gasteiger partial charge >= 0.3 is 11.9 Å². The average molecular weight is 201 g/mol. The van der Waals surface area contributed by atoms with Gasteiger partial charge in [-0.15, -0.1) is 0 Å². The third-order valence-corrected chi connectivity index (χ3v) is 1.55. The van der Waals surface area contributed by atoms with Crippen molar-refractivity contribution in [3.63, 3.8) is 0 Å². The summed E-state index contributed by atoms with van der Waals surface area (Å²) >= 11 is 3.64. The zero-order valence-electron chi connectivity index (χ0n) is 6.36. The fraction of sp³-hybridized carbons (Fsp3) is 0. The Hall–Kier alpha value is -1.39. The van der Waals surface area contributed by atoms with E-state index in [0.717, 1.165) is 0 Å². The molecule has 2 rings (SSSR count). The fourth-order valence-electron chi connectivity index (χ4n) is 1.03. The first kappa shape index (κ1) is 9.70. The number of hydrogen-bond acceptors (Lipinski definition) is 4. The maximum absolute atomic E-state index is 10.8. The molecule has 0 bridgehead atoms. The van der Waals surface area contributed by atoms with Gasteiger partial charge in [0.15, 0.2) is 0 Å². The Bertz CT molecular complexity index is 315. The normalized spacial score (nSPS) is 12.8. The fourth-order valence-corrected chi connectivity index (χ4v) is 1.03. The summed E-state index contributed by atoms with van der Waals surface area (Å²) in [6.07, 6.45) is 0. The van der Waals surface area contributed by atoms with Crippen molar-refractivity contribution >= 4 is 23.8 Å². The van der Waals surface area contributed by atoms with Crippen LogP contribution in [0.3, 0.4) is 0 Å². The Balaban J connectivity index is 0.000000396. The maximum atomic E-state index is 10.8. The maximum Gasteiger partial charge on any atom is 0.346 e. The van der Waals surface area contributed by atoms with E-state index < -0.39 is 11.9 Å². The molecule has 1 N–H and O–H groups in total. The van der Waals surface area contributed by atoms with Crippen molar-refractivity contribution in [3.8, 4) is 0 Å². The van der Waals surface area contributed by atoms with E-state index in [2.05, 4.69) is 16.6 Å². The quantitative estimate of drug-likeness (QED) is 0.504. The highest BCUT2D eigenvalue weighted by Gasteiger charge is 2.28. The molecule has 1 aliphatic rings. The van der Waals surface area contributed by atoms with Crippen LogP contribution in [0, 0.1) is 0 Å². The van der Waals surface area contributed by atoms with Crippen molar-refractivity contribution in [2.45, 2.75) is 0 Å². The van der Waals surface area contributed by atoms with Crippen LogP contribution in [0.4, 0.5) is 0 Å². The SMILES string of the molecule is O=C1OC(=O)c2ccccc21.OCl. The lowest BCUT2D eigenvalue weighted by molar-refractivity contribution is 0.0444. The Morgan fingerprint density at radius 1 is 1.00 bits per heavy atom. The number of fused-ring (bicyclic) bond motifs is 1. The molecule has 1 aliphatic heterocycles. The number of rotatable bonds is 0. The van der Waals surface area contributed by atoms with Crippen LogP contribution in [0.5, 0.6) is 0 Å². The number of carbonyl (C=O) groups excluding carboxylic acids is 2. The van der Waals surface area contributed by atoms with Crippen LogP contribution in [-0.2, 0) is 4.74 Å². The molecule has 68 valence electrons. The average Bonchev–Trinajstić information content (AvgIpc) is 2.47. The largest absolute Gasteiger partial charge is 0.386 e. The molecule has 0 radical (unpaired) electrons. The molecule has 0 spiro atoms. The molecule has 13 heavy (non-hydrogen) atoms. The highest BCUT2D eigenvalue weighted by molar-refractivity contribution is 6.14. The highest BCUT2D eigenvalue weighted by atomic mass is 35.5. The first-order valence-corrected chi connectivity index (χ1v) is 3.65. The van der Waals surface area contributed by atoms with E-state index in [1.807, 2.05) is 0 Å². The number of cyclic esters (lactones) is 2. The molecule has 0 saturated carbocycles. The predicted molar refractivity (Wildman–Crippen MR) is 44.3 cm³/mol. The topological polar surface area (TPSA) is 63.6 Å². The minimum absolute atomic E-state index is 0.359. The number of hydrogen-bond donors (Lipinski definition) is 1. The molecule has 0 atom stereocenters. The number of halogens is 1. The van der Waals surface area contributed by atoms with Gasteiger partial charge in [0.25, 0.3) is 0 Å². The highest BCUT2D eigenvalue weighted by Crippen LogP contribution is 2.18. The van der Waals surface area contributed by atoms with Crippen molar-refractivity contribution in [2.75, 3.05) is 0 Å². The molecule has 0 unspecified atom stereocenters. The third-order valence-electron chi connectivity index (χ3n) is 1.55. The van der Waals surface area contributed by atoms with Gasteiger partial charge in [0.05, 0.1) is 23.0 Å². The van der Waals surface area contributed by atoms with E-state index in [1.54, 1.807) is 24.3 Å². The summed E-state index contributed by atoms with van der Waals surface area (Å²) in [5, 5.41) is 0. The van der Waals surface area contributed by atoms with Crippen LogP contribution in [0.15, 0.2) is 24.3 Å². The van der Waals surface area contributed by atoms with Crippen LogP contribution in [0.25, 0.3) is 0 Å². The van der Waals surface area contributed by atoms with Crippen LogP contribution < -0.4 is 0 Å². The second-order valence-corrected chi connectivity index (χ2v) is 2.22. The molecule has 5 heteroatoms. The summed E-state index contributed by atoms with van der Waals surface area (Å²) in [5.74, 6) is -1.10. The summed E-state index contributed by atoms with van der Waals surface area (Å²) < 4.78 is 10.8.